The fraction of sp³-hybridized carbons (Fsp3) is 0.294. The summed E-state index contributed by atoms with van der Waals surface area (Å²) in [6.07, 6.45) is -0.529. The standard InChI is InChI=1S/C17H21N5O3S2/c1-5-25-17(23)19-15-14(11(3)22-27-15)10(2)20-21-16(26)18-12-7-6-8-13(9-12)24-4/h6-9H,5H2,1-4H3,(H,19,23)(H2,18,21,26)/b20-10+. The molecule has 27 heavy (non-hydrogen) atoms. The largest absolute Gasteiger partial charge is 0.497 e. The first-order valence-corrected chi connectivity index (χ1v) is 9.28. The Morgan fingerprint density at radius 3 is 2.85 bits per heavy atom. The number of anilines is 2. The molecule has 0 aliphatic rings. The Hall–Kier alpha value is -2.72. The number of hydrogen-bond donors (Lipinski definition) is 3. The van der Waals surface area contributed by atoms with E-state index in [-0.39, 0.29) is 6.61 Å². The van der Waals surface area contributed by atoms with Gasteiger partial charge < -0.3 is 14.8 Å². The van der Waals surface area contributed by atoms with Crippen molar-refractivity contribution in [2.75, 3.05) is 24.4 Å². The van der Waals surface area contributed by atoms with E-state index in [1.165, 1.54) is 11.5 Å². The van der Waals surface area contributed by atoms with Crippen molar-refractivity contribution in [1.29, 1.82) is 0 Å². The number of carbonyl (C=O) groups is 1. The Kier molecular flexibility index (Phi) is 7.50. The van der Waals surface area contributed by atoms with Crippen molar-refractivity contribution >= 4 is 51.4 Å². The number of amides is 1. The number of methoxy groups -OCH3 is 1. The SMILES string of the molecule is CCOC(=O)Nc1snc(C)c1/C(C)=N/NC(=S)Nc1cccc(OC)c1. The number of ether oxygens (including phenoxy) is 2. The van der Waals surface area contributed by atoms with E-state index in [1.54, 1.807) is 21.0 Å². The van der Waals surface area contributed by atoms with Crippen LogP contribution in [0.1, 0.15) is 25.1 Å². The van der Waals surface area contributed by atoms with Crippen LogP contribution in [0.4, 0.5) is 15.5 Å². The van der Waals surface area contributed by atoms with Gasteiger partial charge in [-0.25, -0.2) is 4.79 Å². The van der Waals surface area contributed by atoms with Crippen LogP contribution in [-0.4, -0.2) is 35.0 Å². The number of hydrazone groups is 1. The van der Waals surface area contributed by atoms with Crippen LogP contribution in [0.15, 0.2) is 29.4 Å². The Morgan fingerprint density at radius 1 is 1.37 bits per heavy atom. The highest BCUT2D eigenvalue weighted by atomic mass is 32.1. The third-order valence-corrected chi connectivity index (χ3v) is 4.42. The van der Waals surface area contributed by atoms with Crippen LogP contribution in [0, 0.1) is 6.92 Å². The highest BCUT2D eigenvalue weighted by Gasteiger charge is 2.16. The molecule has 10 heteroatoms. The predicted octanol–water partition coefficient (Wildman–Crippen LogP) is 3.74. The zero-order chi connectivity index (χ0) is 19.8. The van der Waals surface area contributed by atoms with Crippen LogP contribution < -0.4 is 20.8 Å². The van der Waals surface area contributed by atoms with Gasteiger partial charge in [0, 0.05) is 11.8 Å². The Balaban J connectivity index is 2.05. The van der Waals surface area contributed by atoms with Gasteiger partial charge in [0.05, 0.1) is 30.7 Å². The van der Waals surface area contributed by atoms with Crippen molar-refractivity contribution in [3.05, 3.63) is 35.5 Å². The molecule has 1 aromatic carbocycles. The summed E-state index contributed by atoms with van der Waals surface area (Å²) < 4.78 is 14.3. The van der Waals surface area contributed by atoms with E-state index in [9.17, 15) is 4.79 Å². The highest BCUT2D eigenvalue weighted by Crippen LogP contribution is 2.25. The summed E-state index contributed by atoms with van der Waals surface area (Å²) in [6.45, 7) is 5.67. The van der Waals surface area contributed by atoms with E-state index in [0.717, 1.165) is 22.7 Å². The first-order chi connectivity index (χ1) is 12.9. The van der Waals surface area contributed by atoms with E-state index >= 15 is 0 Å². The molecule has 2 aromatic rings. The second-order valence-corrected chi connectivity index (χ2v) is 6.49. The number of carbonyl (C=O) groups excluding carboxylic acids is 1. The van der Waals surface area contributed by atoms with Gasteiger partial charge in [-0.15, -0.1) is 0 Å². The number of aryl methyl sites for hydroxylation is 1. The smallest absolute Gasteiger partial charge is 0.412 e. The molecule has 144 valence electrons. The molecule has 1 amide bonds. The number of nitrogens with one attached hydrogen (secondary N) is 3. The molecule has 0 saturated carbocycles. The van der Waals surface area contributed by atoms with Gasteiger partial charge in [0.25, 0.3) is 0 Å². The number of rotatable bonds is 6. The summed E-state index contributed by atoms with van der Waals surface area (Å²) in [6, 6.07) is 7.38. The Labute approximate surface area is 167 Å². The summed E-state index contributed by atoms with van der Waals surface area (Å²) in [7, 11) is 1.60. The molecule has 1 aromatic heterocycles. The molecule has 0 spiro atoms. The minimum Gasteiger partial charge on any atom is -0.497 e. The lowest BCUT2D eigenvalue weighted by Gasteiger charge is -2.10. The van der Waals surface area contributed by atoms with Gasteiger partial charge >= 0.3 is 6.09 Å². The van der Waals surface area contributed by atoms with Crippen molar-refractivity contribution < 1.29 is 14.3 Å². The minimum absolute atomic E-state index is 0.289. The van der Waals surface area contributed by atoms with Gasteiger partial charge in [-0.3, -0.25) is 10.7 Å². The molecule has 0 saturated heterocycles. The van der Waals surface area contributed by atoms with Crippen molar-refractivity contribution in [2.45, 2.75) is 20.8 Å². The normalized spacial score (nSPS) is 10.9. The number of aromatic nitrogens is 1. The van der Waals surface area contributed by atoms with Crippen molar-refractivity contribution in [1.82, 2.24) is 9.80 Å². The lowest BCUT2D eigenvalue weighted by Crippen LogP contribution is -2.25. The summed E-state index contributed by atoms with van der Waals surface area (Å²) in [4.78, 5) is 11.7. The summed E-state index contributed by atoms with van der Waals surface area (Å²) >= 11 is 6.43. The van der Waals surface area contributed by atoms with Crippen LogP contribution in [0.5, 0.6) is 5.75 Å². The molecular weight excluding hydrogens is 386 g/mol. The monoisotopic (exact) mass is 407 g/mol. The van der Waals surface area contributed by atoms with Crippen LogP contribution in [0.3, 0.4) is 0 Å². The maximum atomic E-state index is 11.7. The van der Waals surface area contributed by atoms with Gasteiger partial charge in [-0.05, 0) is 56.7 Å². The molecular formula is C17H21N5O3S2. The van der Waals surface area contributed by atoms with E-state index in [2.05, 4.69) is 25.5 Å². The second-order valence-electron chi connectivity index (χ2n) is 5.31. The van der Waals surface area contributed by atoms with Gasteiger partial charge in [0.15, 0.2) is 5.11 Å². The topological polar surface area (TPSA) is 96.9 Å². The lowest BCUT2D eigenvalue weighted by molar-refractivity contribution is 0.168. The molecule has 0 unspecified atom stereocenters. The van der Waals surface area contributed by atoms with Crippen LogP contribution >= 0.6 is 23.8 Å². The van der Waals surface area contributed by atoms with E-state index in [0.29, 0.717) is 15.8 Å². The zero-order valence-corrected chi connectivity index (χ0v) is 17.1. The summed E-state index contributed by atoms with van der Waals surface area (Å²) in [5.74, 6) is 0.720. The molecule has 8 nitrogen and oxygen atoms in total. The predicted molar refractivity (Wildman–Crippen MR) is 112 cm³/mol. The molecule has 0 aliphatic heterocycles. The third kappa shape index (κ3) is 5.90. The van der Waals surface area contributed by atoms with Crippen LogP contribution in [0.2, 0.25) is 0 Å². The number of hydrogen-bond acceptors (Lipinski definition) is 7. The van der Waals surface area contributed by atoms with E-state index in [4.69, 9.17) is 21.7 Å². The fourth-order valence-electron chi connectivity index (χ4n) is 2.19. The van der Waals surface area contributed by atoms with E-state index < -0.39 is 6.09 Å². The zero-order valence-electron chi connectivity index (χ0n) is 15.5. The van der Waals surface area contributed by atoms with Gasteiger partial charge in [0.2, 0.25) is 0 Å². The maximum absolute atomic E-state index is 11.7. The highest BCUT2D eigenvalue weighted by molar-refractivity contribution is 7.80. The number of nitrogens with zero attached hydrogens (tertiary/aromatic N) is 2. The minimum atomic E-state index is -0.529. The lowest BCUT2D eigenvalue weighted by atomic mass is 10.2. The molecule has 1 heterocycles. The van der Waals surface area contributed by atoms with Crippen molar-refractivity contribution in [2.24, 2.45) is 5.10 Å². The summed E-state index contributed by atoms with van der Waals surface area (Å²) in [5, 5.41) is 10.9. The molecule has 2 rings (SSSR count). The second kappa shape index (κ2) is 9.83. The Morgan fingerprint density at radius 2 is 2.15 bits per heavy atom. The molecule has 0 fully saturated rings. The average molecular weight is 408 g/mol. The number of benzene rings is 1. The molecule has 3 N–H and O–H groups in total. The first kappa shape index (κ1) is 20.6. The maximum Gasteiger partial charge on any atom is 0.412 e. The molecule has 0 aliphatic carbocycles. The number of thiocarbonyl (C=S) groups is 1. The fourth-order valence-corrected chi connectivity index (χ4v) is 3.19. The third-order valence-electron chi connectivity index (χ3n) is 3.37. The van der Waals surface area contributed by atoms with Crippen LogP contribution in [0.25, 0.3) is 0 Å². The Bertz CT molecular complexity index is 851. The summed E-state index contributed by atoms with van der Waals surface area (Å²) in [5.41, 5.74) is 5.67. The molecule has 0 atom stereocenters. The molecule has 0 radical (unpaired) electrons. The van der Waals surface area contributed by atoms with E-state index in [1.807, 2.05) is 31.2 Å². The van der Waals surface area contributed by atoms with Gasteiger partial charge in [0.1, 0.15) is 10.8 Å². The van der Waals surface area contributed by atoms with Gasteiger partial charge in [-0.2, -0.15) is 9.47 Å². The average Bonchev–Trinajstić information content (AvgIpc) is 3.00. The molecule has 0 bridgehead atoms. The van der Waals surface area contributed by atoms with Gasteiger partial charge in [-0.1, -0.05) is 6.07 Å². The van der Waals surface area contributed by atoms with Crippen molar-refractivity contribution in [3.63, 3.8) is 0 Å². The quantitative estimate of drug-likeness (QED) is 0.381. The first-order valence-electron chi connectivity index (χ1n) is 8.10. The van der Waals surface area contributed by atoms with Crippen LogP contribution in [-0.2, 0) is 4.74 Å². The van der Waals surface area contributed by atoms with Crippen molar-refractivity contribution in [3.8, 4) is 5.75 Å².